The zero-order valence-electron chi connectivity index (χ0n) is 16.2. The lowest BCUT2D eigenvalue weighted by Gasteiger charge is -2.22. The number of aromatic nitrogens is 3. The highest BCUT2D eigenvalue weighted by molar-refractivity contribution is 5.94. The Balaban J connectivity index is 1.61. The fourth-order valence-corrected chi connectivity index (χ4v) is 3.39. The Hall–Kier alpha value is -3.68. The van der Waals surface area contributed by atoms with Crippen molar-refractivity contribution in [2.45, 2.75) is 12.6 Å². The van der Waals surface area contributed by atoms with E-state index in [1.807, 2.05) is 55.4 Å². The Labute approximate surface area is 168 Å². The Kier molecular flexibility index (Phi) is 4.99. The minimum absolute atomic E-state index is 0.184. The van der Waals surface area contributed by atoms with E-state index in [1.54, 1.807) is 18.4 Å². The van der Waals surface area contributed by atoms with E-state index < -0.39 is 12.0 Å². The van der Waals surface area contributed by atoms with Gasteiger partial charge in [0.2, 0.25) is 5.91 Å². The maximum atomic E-state index is 11.7. The molecule has 0 bridgehead atoms. The first-order chi connectivity index (χ1) is 14.0. The molecule has 1 aromatic heterocycles. The third kappa shape index (κ3) is 3.69. The fourth-order valence-electron chi connectivity index (χ4n) is 3.39. The lowest BCUT2D eigenvalue weighted by molar-refractivity contribution is -0.115. The van der Waals surface area contributed by atoms with Crippen LogP contribution in [0.25, 0.3) is 5.57 Å². The normalized spacial score (nSPS) is 19.7. The van der Waals surface area contributed by atoms with E-state index in [9.17, 15) is 4.79 Å². The highest BCUT2D eigenvalue weighted by atomic mass is 16.5. The molecular weight excluding hydrogens is 368 g/mol. The van der Waals surface area contributed by atoms with Gasteiger partial charge in [-0.3, -0.25) is 4.79 Å². The molecule has 0 spiro atoms. The molecule has 0 saturated carbocycles. The molecule has 0 radical (unpaired) electrons. The summed E-state index contributed by atoms with van der Waals surface area (Å²) in [6, 6.07) is 10.1. The van der Waals surface area contributed by atoms with Crippen molar-refractivity contribution in [1.29, 1.82) is 0 Å². The third-order valence-corrected chi connectivity index (χ3v) is 4.87. The first-order valence-corrected chi connectivity index (χ1v) is 9.28. The summed E-state index contributed by atoms with van der Waals surface area (Å²) < 4.78 is 5.72. The molecular formula is C21H22N6O2. The second-order valence-corrected chi connectivity index (χ2v) is 7.07. The second kappa shape index (κ2) is 7.75. The third-order valence-electron chi connectivity index (χ3n) is 4.87. The maximum absolute atomic E-state index is 11.7. The zero-order valence-corrected chi connectivity index (χ0v) is 16.2. The lowest BCUT2D eigenvalue weighted by atomic mass is 9.86. The van der Waals surface area contributed by atoms with Crippen LogP contribution in [0.1, 0.15) is 11.4 Å². The number of nitrogens with one attached hydrogen (secondary N) is 1. The van der Waals surface area contributed by atoms with Crippen LogP contribution in [0.4, 0.5) is 11.6 Å². The highest BCUT2D eigenvalue weighted by Gasteiger charge is 2.38. The first-order valence-electron chi connectivity index (χ1n) is 9.28. The van der Waals surface area contributed by atoms with Crippen molar-refractivity contribution in [3.63, 3.8) is 0 Å². The van der Waals surface area contributed by atoms with Crippen LogP contribution >= 0.6 is 0 Å². The van der Waals surface area contributed by atoms with Crippen LogP contribution in [0.2, 0.25) is 0 Å². The van der Waals surface area contributed by atoms with Crippen LogP contribution in [-0.4, -0.2) is 41.3 Å². The van der Waals surface area contributed by atoms with Gasteiger partial charge in [-0.25, -0.2) is 4.98 Å². The van der Waals surface area contributed by atoms with Crippen LogP contribution in [0, 0.1) is 5.92 Å². The van der Waals surface area contributed by atoms with Gasteiger partial charge in [0.25, 0.3) is 0 Å². The molecule has 0 saturated heterocycles. The average molecular weight is 390 g/mol. The number of hydrogen-bond acceptors (Lipinski definition) is 7. The average Bonchev–Trinajstić information content (AvgIpc) is 3.16. The monoisotopic (exact) mass is 390 g/mol. The molecule has 29 heavy (non-hydrogen) atoms. The molecule has 2 aliphatic rings. The van der Waals surface area contributed by atoms with Crippen LogP contribution in [0.15, 0.2) is 60.4 Å². The zero-order chi connectivity index (χ0) is 20.4. The number of benzene rings is 1. The maximum Gasteiger partial charge on any atom is 0.248 e. The standard InChI is InChI=1S/C21H22N6O2/c1-27(2)21-20(23-11-13-7-4-3-5-8-13)24-19(25-26-21)16-12-29-17-14(16)9-6-10-15(17)18(22)28/h3-10,12,14,17H,11H2,1-2H3,(H2,22,28)(H,23,24,25). The largest absolute Gasteiger partial charge is 0.492 e. The molecule has 1 aliphatic heterocycles. The molecule has 2 unspecified atom stereocenters. The second-order valence-electron chi connectivity index (χ2n) is 7.07. The number of fused-ring (bicyclic) bond motifs is 1. The molecule has 2 aromatic rings. The number of amides is 1. The van der Waals surface area contributed by atoms with E-state index >= 15 is 0 Å². The smallest absolute Gasteiger partial charge is 0.248 e. The van der Waals surface area contributed by atoms with Gasteiger partial charge in [0.05, 0.1) is 17.8 Å². The molecule has 148 valence electrons. The summed E-state index contributed by atoms with van der Waals surface area (Å²) in [4.78, 5) is 18.3. The van der Waals surface area contributed by atoms with Gasteiger partial charge in [-0.2, -0.15) is 0 Å². The highest BCUT2D eigenvalue weighted by Crippen LogP contribution is 2.38. The summed E-state index contributed by atoms with van der Waals surface area (Å²) in [5.41, 5.74) is 7.80. The van der Waals surface area contributed by atoms with Gasteiger partial charge < -0.3 is 20.7 Å². The summed E-state index contributed by atoms with van der Waals surface area (Å²) in [6.45, 7) is 0.607. The first kappa shape index (κ1) is 18.7. The molecule has 0 fully saturated rings. The van der Waals surface area contributed by atoms with Gasteiger partial charge in [-0.15, -0.1) is 10.2 Å². The number of allylic oxidation sites excluding steroid dienone is 2. The van der Waals surface area contributed by atoms with Crippen LogP contribution < -0.4 is 16.0 Å². The molecule has 2 atom stereocenters. The van der Waals surface area contributed by atoms with Crippen molar-refractivity contribution < 1.29 is 9.53 Å². The number of rotatable bonds is 6. The number of primary amides is 1. The molecule has 2 heterocycles. The van der Waals surface area contributed by atoms with Crippen molar-refractivity contribution >= 4 is 23.1 Å². The van der Waals surface area contributed by atoms with Crippen molar-refractivity contribution in [3.8, 4) is 0 Å². The predicted molar refractivity (Wildman–Crippen MR) is 111 cm³/mol. The summed E-state index contributed by atoms with van der Waals surface area (Å²) >= 11 is 0. The van der Waals surface area contributed by atoms with Gasteiger partial charge in [0, 0.05) is 26.2 Å². The van der Waals surface area contributed by atoms with Gasteiger partial charge in [-0.1, -0.05) is 48.6 Å². The van der Waals surface area contributed by atoms with Crippen molar-refractivity contribution in [1.82, 2.24) is 15.2 Å². The number of carbonyl (C=O) groups excluding carboxylic acids is 1. The predicted octanol–water partition coefficient (Wildman–Crippen LogP) is 1.89. The topological polar surface area (TPSA) is 106 Å². The van der Waals surface area contributed by atoms with Crippen LogP contribution in [0.5, 0.6) is 0 Å². The minimum atomic E-state index is -0.494. The van der Waals surface area contributed by atoms with E-state index in [0.29, 0.717) is 29.6 Å². The van der Waals surface area contributed by atoms with Gasteiger partial charge in [0.15, 0.2) is 17.5 Å². The van der Waals surface area contributed by atoms with Gasteiger partial charge >= 0.3 is 0 Å². The fraction of sp³-hybridized carbons (Fsp3) is 0.238. The van der Waals surface area contributed by atoms with Crippen molar-refractivity contribution in [2.75, 3.05) is 24.3 Å². The van der Waals surface area contributed by atoms with E-state index in [-0.39, 0.29) is 5.92 Å². The SMILES string of the molecule is CN(C)c1nnc(C2=COC3C(C(N)=O)=CC=CC23)nc1NCc1ccccc1. The molecule has 4 rings (SSSR count). The summed E-state index contributed by atoms with van der Waals surface area (Å²) in [5.74, 6) is 1.04. The number of anilines is 2. The summed E-state index contributed by atoms with van der Waals surface area (Å²) in [5, 5.41) is 12.0. The molecule has 1 amide bonds. The summed E-state index contributed by atoms with van der Waals surface area (Å²) in [7, 11) is 3.78. The Morgan fingerprint density at radius 2 is 2.03 bits per heavy atom. The number of ether oxygens (including phenoxy) is 1. The number of nitrogens with zero attached hydrogens (tertiary/aromatic N) is 4. The van der Waals surface area contributed by atoms with Crippen molar-refractivity contribution in [2.24, 2.45) is 11.7 Å². The quantitative estimate of drug-likeness (QED) is 0.776. The molecule has 1 aromatic carbocycles. The molecule has 1 aliphatic carbocycles. The number of carbonyl (C=O) groups is 1. The van der Waals surface area contributed by atoms with Crippen LogP contribution in [0.3, 0.4) is 0 Å². The van der Waals surface area contributed by atoms with E-state index in [4.69, 9.17) is 15.5 Å². The Morgan fingerprint density at radius 1 is 1.24 bits per heavy atom. The molecule has 8 nitrogen and oxygen atoms in total. The van der Waals surface area contributed by atoms with Gasteiger partial charge in [0.1, 0.15) is 6.10 Å². The number of nitrogens with two attached hydrogens (primary N) is 1. The molecule has 8 heteroatoms. The molecule has 3 N–H and O–H groups in total. The van der Waals surface area contributed by atoms with E-state index in [2.05, 4.69) is 15.5 Å². The van der Waals surface area contributed by atoms with Gasteiger partial charge in [-0.05, 0) is 5.56 Å². The van der Waals surface area contributed by atoms with E-state index in [1.165, 1.54) is 0 Å². The lowest BCUT2D eigenvalue weighted by Crippen LogP contribution is -2.30. The van der Waals surface area contributed by atoms with Crippen molar-refractivity contribution in [3.05, 3.63) is 71.8 Å². The summed E-state index contributed by atoms with van der Waals surface area (Å²) in [6.07, 6.45) is 6.58. The number of hydrogen-bond donors (Lipinski definition) is 2. The Morgan fingerprint density at radius 3 is 2.76 bits per heavy atom. The minimum Gasteiger partial charge on any atom is -0.492 e. The van der Waals surface area contributed by atoms with E-state index in [0.717, 1.165) is 11.1 Å². The van der Waals surface area contributed by atoms with Crippen LogP contribution in [-0.2, 0) is 16.1 Å². The Bertz CT molecular complexity index is 1010.